The van der Waals surface area contributed by atoms with Crippen LogP contribution < -0.4 is 10.1 Å². The molecule has 9 heteroatoms. The van der Waals surface area contributed by atoms with Crippen molar-refractivity contribution >= 4 is 38.5 Å². The van der Waals surface area contributed by atoms with Crippen LogP contribution in [0.1, 0.15) is 20.8 Å². The number of benzene rings is 2. The third kappa shape index (κ3) is 4.75. The van der Waals surface area contributed by atoms with Gasteiger partial charge in [-0.05, 0) is 60.3 Å². The van der Waals surface area contributed by atoms with Gasteiger partial charge in [-0.2, -0.15) is 13.2 Å². The van der Waals surface area contributed by atoms with Crippen molar-refractivity contribution in [1.29, 1.82) is 0 Å². The number of fused-ring (bicyclic) bond motifs is 1. The van der Waals surface area contributed by atoms with Crippen LogP contribution in [0.15, 0.2) is 22.7 Å². The molecule has 0 saturated carbocycles. The smallest absolute Gasteiger partial charge is 0.412 e. The number of hydrogen-bond donors (Lipinski definition) is 1. The van der Waals surface area contributed by atoms with Crippen molar-refractivity contribution in [2.45, 2.75) is 33.0 Å². The normalized spacial score (nSPS) is 11.7. The number of hydrogen-bond acceptors (Lipinski definition) is 3. The van der Waals surface area contributed by atoms with E-state index in [2.05, 4.69) is 26.0 Å². The minimum atomic E-state index is -3.33. The fourth-order valence-electron chi connectivity index (χ4n) is 2.09. The Morgan fingerprint density at radius 3 is 2.40 bits per heavy atom. The predicted octanol–water partition coefficient (Wildman–Crippen LogP) is 5.83. The number of rotatable bonds is 3. The summed E-state index contributed by atoms with van der Waals surface area (Å²) in [5, 5.41) is 2.39. The van der Waals surface area contributed by atoms with Gasteiger partial charge in [0.25, 0.3) is 0 Å². The third-order valence-electron chi connectivity index (χ3n) is 2.89. The Kier molecular flexibility index (Phi) is 5.46. The number of nitrogens with one attached hydrogen (secondary N) is 1. The van der Waals surface area contributed by atoms with Crippen molar-refractivity contribution in [2.75, 3.05) is 5.32 Å². The zero-order valence-corrected chi connectivity index (χ0v) is 15.0. The van der Waals surface area contributed by atoms with Crippen LogP contribution in [0.5, 0.6) is 5.75 Å². The molecule has 0 aromatic heterocycles. The molecule has 0 unspecified atom stereocenters. The first kappa shape index (κ1) is 19.3. The minimum absolute atomic E-state index is 0.0509. The lowest BCUT2D eigenvalue weighted by atomic mass is 10.1. The lowest BCUT2D eigenvalue weighted by Gasteiger charge is -2.20. The van der Waals surface area contributed by atoms with Gasteiger partial charge in [-0.25, -0.2) is 9.18 Å². The summed E-state index contributed by atoms with van der Waals surface area (Å²) in [6.07, 6.45) is -0.759. The van der Waals surface area contributed by atoms with E-state index < -0.39 is 35.7 Å². The summed E-state index contributed by atoms with van der Waals surface area (Å²) in [6.45, 7) is 1.70. The molecule has 0 bridgehead atoms. The highest BCUT2D eigenvalue weighted by Crippen LogP contribution is 2.39. The molecule has 2 rings (SSSR count). The monoisotopic (exact) mass is 423 g/mol. The Morgan fingerprint density at radius 1 is 1.20 bits per heavy atom. The molecule has 0 aliphatic carbocycles. The standard InChI is InChI=1S/C16H14BrF4NO3/c1-16(2,3)25-15(23)22-8-4-7-5-10(18)12(19)13(24-14(20)21)11(7)9(17)6-8/h4-6,14H,1-3H3,(H,22,23). The Hall–Kier alpha value is -2.03. The first-order chi connectivity index (χ1) is 11.5. The first-order valence-electron chi connectivity index (χ1n) is 7.04. The van der Waals surface area contributed by atoms with Gasteiger partial charge < -0.3 is 9.47 Å². The van der Waals surface area contributed by atoms with Crippen LogP contribution in [0.3, 0.4) is 0 Å². The van der Waals surface area contributed by atoms with Gasteiger partial charge in [0.1, 0.15) is 5.60 Å². The number of halogens is 5. The molecule has 0 spiro atoms. The van der Waals surface area contributed by atoms with E-state index in [4.69, 9.17) is 4.74 Å². The number of carbonyl (C=O) groups excluding carboxylic acids is 1. The first-order valence-corrected chi connectivity index (χ1v) is 7.83. The van der Waals surface area contributed by atoms with E-state index in [1.54, 1.807) is 20.8 Å². The second kappa shape index (κ2) is 7.07. The fourth-order valence-corrected chi connectivity index (χ4v) is 2.75. The van der Waals surface area contributed by atoms with Crippen LogP contribution in [-0.2, 0) is 4.74 Å². The summed E-state index contributed by atoms with van der Waals surface area (Å²) in [7, 11) is 0. The zero-order valence-electron chi connectivity index (χ0n) is 13.4. The molecule has 0 saturated heterocycles. The molecular weight excluding hydrogens is 410 g/mol. The Morgan fingerprint density at radius 2 is 1.84 bits per heavy atom. The predicted molar refractivity (Wildman–Crippen MR) is 88.1 cm³/mol. The highest BCUT2D eigenvalue weighted by Gasteiger charge is 2.22. The molecule has 0 fully saturated rings. The van der Waals surface area contributed by atoms with Crippen LogP contribution in [0.25, 0.3) is 10.8 Å². The molecule has 0 aliphatic rings. The number of alkyl halides is 2. The number of anilines is 1. The maximum atomic E-state index is 13.8. The summed E-state index contributed by atoms with van der Waals surface area (Å²) in [5.41, 5.74) is -0.534. The van der Waals surface area contributed by atoms with E-state index >= 15 is 0 Å². The largest absolute Gasteiger partial charge is 0.444 e. The average molecular weight is 424 g/mol. The molecule has 2 aromatic carbocycles. The summed E-state index contributed by atoms with van der Waals surface area (Å²) >= 11 is 3.09. The van der Waals surface area contributed by atoms with Crippen molar-refractivity contribution in [3.8, 4) is 5.75 Å². The van der Waals surface area contributed by atoms with Gasteiger partial charge in [0, 0.05) is 15.5 Å². The van der Waals surface area contributed by atoms with Gasteiger partial charge in [-0.3, -0.25) is 5.32 Å². The van der Waals surface area contributed by atoms with E-state index in [1.165, 1.54) is 12.1 Å². The highest BCUT2D eigenvalue weighted by molar-refractivity contribution is 9.10. The van der Waals surface area contributed by atoms with E-state index in [9.17, 15) is 22.4 Å². The van der Waals surface area contributed by atoms with Gasteiger partial charge >= 0.3 is 12.7 Å². The molecule has 4 nitrogen and oxygen atoms in total. The van der Waals surface area contributed by atoms with Crippen molar-refractivity contribution in [2.24, 2.45) is 0 Å². The molecular formula is C16H14BrF4NO3. The molecule has 0 radical (unpaired) electrons. The third-order valence-corrected chi connectivity index (χ3v) is 3.52. The summed E-state index contributed by atoms with van der Waals surface area (Å²) in [6, 6.07) is 3.43. The SMILES string of the molecule is CC(C)(C)OC(=O)Nc1cc(Br)c2c(OC(F)F)c(F)c(F)cc2c1. The second-order valence-electron chi connectivity index (χ2n) is 6.06. The Labute approximate surface area is 149 Å². The molecule has 25 heavy (non-hydrogen) atoms. The van der Waals surface area contributed by atoms with Crippen LogP contribution >= 0.6 is 15.9 Å². The van der Waals surface area contributed by atoms with Crippen molar-refractivity contribution in [1.82, 2.24) is 0 Å². The maximum Gasteiger partial charge on any atom is 0.412 e. The van der Waals surface area contributed by atoms with Crippen molar-refractivity contribution in [3.05, 3.63) is 34.3 Å². The van der Waals surface area contributed by atoms with Crippen LogP contribution in [-0.4, -0.2) is 18.3 Å². The van der Waals surface area contributed by atoms with Gasteiger partial charge in [0.15, 0.2) is 11.6 Å². The molecule has 2 aromatic rings. The van der Waals surface area contributed by atoms with Gasteiger partial charge in [0.2, 0.25) is 5.82 Å². The lowest BCUT2D eigenvalue weighted by Crippen LogP contribution is -2.27. The molecule has 136 valence electrons. The Balaban J connectivity index is 2.48. The highest BCUT2D eigenvalue weighted by atomic mass is 79.9. The minimum Gasteiger partial charge on any atom is -0.444 e. The molecule has 0 heterocycles. The van der Waals surface area contributed by atoms with Crippen LogP contribution in [0.4, 0.5) is 28.0 Å². The fraction of sp³-hybridized carbons (Fsp3) is 0.312. The van der Waals surface area contributed by atoms with Crippen molar-refractivity contribution < 1.29 is 31.8 Å². The number of amides is 1. The van der Waals surface area contributed by atoms with Gasteiger partial charge in [0.05, 0.1) is 0 Å². The topological polar surface area (TPSA) is 47.6 Å². The Bertz CT molecular complexity index is 821. The van der Waals surface area contributed by atoms with Crippen LogP contribution in [0, 0.1) is 11.6 Å². The van der Waals surface area contributed by atoms with E-state index in [-0.39, 0.29) is 20.9 Å². The quantitative estimate of drug-likeness (QED) is 0.631. The van der Waals surface area contributed by atoms with Crippen molar-refractivity contribution in [3.63, 3.8) is 0 Å². The second-order valence-corrected chi connectivity index (χ2v) is 6.92. The zero-order chi connectivity index (χ0) is 18.9. The van der Waals surface area contributed by atoms with Gasteiger partial charge in [-0.1, -0.05) is 0 Å². The molecule has 0 aliphatic heterocycles. The molecule has 1 amide bonds. The molecule has 1 N–H and O–H groups in total. The number of ether oxygens (including phenoxy) is 2. The average Bonchev–Trinajstić information content (AvgIpc) is 2.40. The van der Waals surface area contributed by atoms with Crippen LogP contribution in [0.2, 0.25) is 0 Å². The van der Waals surface area contributed by atoms with Gasteiger partial charge in [-0.15, -0.1) is 0 Å². The van der Waals surface area contributed by atoms with E-state index in [0.717, 1.165) is 6.07 Å². The summed E-state index contributed by atoms with van der Waals surface area (Å²) in [4.78, 5) is 11.8. The summed E-state index contributed by atoms with van der Waals surface area (Å²) in [5.74, 6) is -3.80. The summed E-state index contributed by atoms with van der Waals surface area (Å²) < 4.78 is 61.8. The number of carbonyl (C=O) groups is 1. The van der Waals surface area contributed by atoms with E-state index in [1.807, 2.05) is 0 Å². The lowest BCUT2D eigenvalue weighted by molar-refractivity contribution is -0.0514. The van der Waals surface area contributed by atoms with E-state index in [0.29, 0.717) is 0 Å². The maximum absolute atomic E-state index is 13.8. The molecule has 0 atom stereocenters.